The summed E-state index contributed by atoms with van der Waals surface area (Å²) in [4.78, 5) is 12.3. The lowest BCUT2D eigenvalue weighted by molar-refractivity contribution is -0.0133. The van der Waals surface area contributed by atoms with Crippen molar-refractivity contribution < 1.29 is 4.79 Å². The van der Waals surface area contributed by atoms with E-state index in [1.54, 1.807) is 6.20 Å². The molecule has 0 aliphatic heterocycles. The first kappa shape index (κ1) is 15.3. The first-order valence-corrected chi connectivity index (χ1v) is 9.40. The standard InChI is InChI=1S/C19H23BrN2O/c20-17-3-1-13(2-4-17)5-6-21-18(23)22-19-10-14-7-15(11-19)9-16(8-14)12-19/h1-6,14-16H,7-12H2,(H2,21,22,23)/b6-5+. The number of carbonyl (C=O) groups excluding carboxylic acids is 1. The van der Waals surface area contributed by atoms with Gasteiger partial charge in [-0.2, -0.15) is 0 Å². The molecule has 122 valence electrons. The third-order valence-corrected chi connectivity index (χ3v) is 6.31. The van der Waals surface area contributed by atoms with Crippen molar-refractivity contribution in [1.29, 1.82) is 0 Å². The van der Waals surface area contributed by atoms with Crippen LogP contribution in [0.1, 0.15) is 44.1 Å². The second-order valence-corrected chi connectivity index (χ2v) is 8.60. The number of amides is 2. The van der Waals surface area contributed by atoms with E-state index in [-0.39, 0.29) is 11.6 Å². The number of urea groups is 1. The highest BCUT2D eigenvalue weighted by atomic mass is 79.9. The van der Waals surface area contributed by atoms with Crippen LogP contribution in [0.3, 0.4) is 0 Å². The van der Waals surface area contributed by atoms with Crippen molar-refractivity contribution in [3.63, 3.8) is 0 Å². The fourth-order valence-corrected chi connectivity index (χ4v) is 5.59. The molecule has 1 aromatic carbocycles. The largest absolute Gasteiger partial charge is 0.332 e. The molecular formula is C19H23BrN2O. The normalized spacial score (nSPS) is 34.7. The maximum absolute atomic E-state index is 12.3. The van der Waals surface area contributed by atoms with E-state index >= 15 is 0 Å². The minimum Gasteiger partial charge on any atom is -0.332 e. The van der Waals surface area contributed by atoms with Gasteiger partial charge in [-0.3, -0.25) is 0 Å². The lowest BCUT2D eigenvalue weighted by atomic mass is 9.53. The van der Waals surface area contributed by atoms with Crippen molar-refractivity contribution >= 4 is 28.0 Å². The Hall–Kier alpha value is -1.29. The van der Waals surface area contributed by atoms with Gasteiger partial charge in [-0.1, -0.05) is 28.1 Å². The Morgan fingerprint density at radius 1 is 1.04 bits per heavy atom. The number of nitrogens with one attached hydrogen (secondary N) is 2. The van der Waals surface area contributed by atoms with E-state index in [2.05, 4.69) is 26.6 Å². The molecule has 0 atom stereocenters. The second-order valence-electron chi connectivity index (χ2n) is 7.68. The van der Waals surface area contributed by atoms with Crippen LogP contribution in [0, 0.1) is 17.8 Å². The molecule has 0 spiro atoms. The van der Waals surface area contributed by atoms with Crippen molar-refractivity contribution in [2.45, 2.75) is 44.1 Å². The molecule has 2 N–H and O–H groups in total. The number of halogens is 1. The third-order valence-electron chi connectivity index (χ3n) is 5.78. The van der Waals surface area contributed by atoms with Crippen molar-refractivity contribution in [1.82, 2.24) is 10.6 Å². The van der Waals surface area contributed by atoms with E-state index < -0.39 is 0 Å². The minimum atomic E-state index is -0.0553. The summed E-state index contributed by atoms with van der Waals surface area (Å²) in [5.74, 6) is 2.54. The predicted octanol–water partition coefficient (Wildman–Crippen LogP) is 4.69. The predicted molar refractivity (Wildman–Crippen MR) is 95.7 cm³/mol. The van der Waals surface area contributed by atoms with Gasteiger partial charge in [-0.15, -0.1) is 0 Å². The van der Waals surface area contributed by atoms with Crippen LogP contribution in [0.25, 0.3) is 6.08 Å². The number of benzene rings is 1. The number of hydrogen-bond acceptors (Lipinski definition) is 1. The van der Waals surface area contributed by atoms with Gasteiger partial charge in [0, 0.05) is 16.2 Å². The topological polar surface area (TPSA) is 41.1 Å². The fourth-order valence-electron chi connectivity index (χ4n) is 5.33. The van der Waals surface area contributed by atoms with E-state index in [1.807, 2.05) is 30.3 Å². The monoisotopic (exact) mass is 374 g/mol. The molecule has 4 bridgehead atoms. The van der Waals surface area contributed by atoms with Crippen molar-refractivity contribution in [2.75, 3.05) is 0 Å². The molecule has 5 rings (SSSR count). The number of hydrogen-bond donors (Lipinski definition) is 2. The SMILES string of the molecule is O=C(N/C=C/c1ccc(Br)cc1)NC12CC3CC(CC(C3)C1)C2. The molecule has 0 unspecified atom stereocenters. The highest BCUT2D eigenvalue weighted by Gasteiger charge is 2.51. The van der Waals surface area contributed by atoms with Gasteiger partial charge in [-0.05, 0) is 80.1 Å². The zero-order valence-corrected chi connectivity index (χ0v) is 14.8. The average Bonchev–Trinajstić information content (AvgIpc) is 2.47. The summed E-state index contributed by atoms with van der Waals surface area (Å²) in [5.41, 5.74) is 1.15. The van der Waals surface area contributed by atoms with Gasteiger partial charge in [0.1, 0.15) is 0 Å². The molecule has 4 aliphatic rings. The second kappa shape index (κ2) is 5.97. The van der Waals surface area contributed by atoms with Gasteiger partial charge in [0.2, 0.25) is 0 Å². The van der Waals surface area contributed by atoms with E-state index in [1.165, 1.54) is 38.5 Å². The molecule has 23 heavy (non-hydrogen) atoms. The maximum atomic E-state index is 12.3. The van der Waals surface area contributed by atoms with Gasteiger partial charge in [0.15, 0.2) is 0 Å². The minimum absolute atomic E-state index is 0.0553. The van der Waals surface area contributed by atoms with Crippen LogP contribution in [0.2, 0.25) is 0 Å². The molecule has 3 nitrogen and oxygen atoms in total. The quantitative estimate of drug-likeness (QED) is 0.791. The molecule has 2 amide bonds. The zero-order chi connectivity index (χ0) is 15.9. The van der Waals surface area contributed by atoms with Gasteiger partial charge in [0.25, 0.3) is 0 Å². The summed E-state index contributed by atoms with van der Waals surface area (Å²) in [6.07, 6.45) is 11.4. The van der Waals surface area contributed by atoms with E-state index in [9.17, 15) is 4.79 Å². The van der Waals surface area contributed by atoms with E-state index in [4.69, 9.17) is 0 Å². The van der Waals surface area contributed by atoms with Crippen LogP contribution in [-0.2, 0) is 0 Å². The molecule has 4 heteroatoms. The molecule has 0 heterocycles. The molecule has 0 saturated heterocycles. The van der Waals surface area contributed by atoms with Crippen LogP contribution >= 0.6 is 15.9 Å². The highest BCUT2D eigenvalue weighted by Crippen LogP contribution is 2.55. The van der Waals surface area contributed by atoms with Gasteiger partial charge in [0.05, 0.1) is 0 Å². The van der Waals surface area contributed by atoms with Crippen molar-refractivity contribution in [2.24, 2.45) is 17.8 Å². The molecule has 0 aromatic heterocycles. The Kier molecular flexibility index (Phi) is 3.96. The van der Waals surface area contributed by atoms with Crippen LogP contribution in [0.4, 0.5) is 4.79 Å². The van der Waals surface area contributed by atoms with E-state index in [0.29, 0.717) is 0 Å². The summed E-state index contributed by atoms with van der Waals surface area (Å²) in [5, 5.41) is 6.19. The Morgan fingerprint density at radius 3 is 2.17 bits per heavy atom. The first-order valence-electron chi connectivity index (χ1n) is 8.61. The van der Waals surface area contributed by atoms with Crippen LogP contribution in [0.15, 0.2) is 34.9 Å². The first-order chi connectivity index (χ1) is 11.1. The van der Waals surface area contributed by atoms with E-state index in [0.717, 1.165) is 27.8 Å². The lowest BCUT2D eigenvalue weighted by Crippen LogP contribution is -2.61. The third kappa shape index (κ3) is 3.32. The Balaban J connectivity index is 1.34. The zero-order valence-electron chi connectivity index (χ0n) is 13.2. The molecule has 1 aromatic rings. The molecule has 4 saturated carbocycles. The smallest absolute Gasteiger partial charge is 0.319 e. The molecule has 4 fully saturated rings. The van der Waals surface area contributed by atoms with Gasteiger partial charge in [-0.25, -0.2) is 4.79 Å². The lowest BCUT2D eigenvalue weighted by Gasteiger charge is -2.56. The number of carbonyl (C=O) groups is 1. The fraction of sp³-hybridized carbons (Fsp3) is 0.526. The number of rotatable bonds is 3. The summed E-state index contributed by atoms with van der Waals surface area (Å²) < 4.78 is 1.06. The Bertz CT molecular complexity index is 587. The van der Waals surface area contributed by atoms with Crippen LogP contribution in [-0.4, -0.2) is 11.6 Å². The summed E-state index contributed by atoms with van der Waals surface area (Å²) in [6.45, 7) is 0. The van der Waals surface area contributed by atoms with Crippen LogP contribution in [0.5, 0.6) is 0 Å². The highest BCUT2D eigenvalue weighted by molar-refractivity contribution is 9.10. The summed E-state index contributed by atoms with van der Waals surface area (Å²) in [7, 11) is 0. The van der Waals surface area contributed by atoms with Crippen LogP contribution < -0.4 is 10.6 Å². The summed E-state index contributed by atoms with van der Waals surface area (Å²) in [6, 6.07) is 7.96. The van der Waals surface area contributed by atoms with Gasteiger partial charge < -0.3 is 10.6 Å². The maximum Gasteiger partial charge on any atom is 0.319 e. The van der Waals surface area contributed by atoms with Gasteiger partial charge >= 0.3 is 6.03 Å². The van der Waals surface area contributed by atoms with Crippen molar-refractivity contribution in [3.05, 3.63) is 40.5 Å². The molecule has 4 aliphatic carbocycles. The Labute approximate surface area is 146 Å². The molecular weight excluding hydrogens is 352 g/mol. The van der Waals surface area contributed by atoms with Crippen molar-refractivity contribution in [3.8, 4) is 0 Å². The summed E-state index contributed by atoms with van der Waals surface area (Å²) >= 11 is 3.42. The average molecular weight is 375 g/mol. The molecule has 0 radical (unpaired) electrons. The Morgan fingerprint density at radius 2 is 1.61 bits per heavy atom.